The van der Waals surface area contributed by atoms with Crippen molar-refractivity contribution in [2.24, 2.45) is 0 Å². The molecule has 0 saturated carbocycles. The monoisotopic (exact) mass is 645 g/mol. The number of fused-ring (bicyclic) bond motifs is 1. The first-order chi connectivity index (χ1) is 21.6. The van der Waals surface area contributed by atoms with Crippen molar-refractivity contribution in [2.75, 3.05) is 17.2 Å². The van der Waals surface area contributed by atoms with E-state index < -0.39 is 41.1 Å². The van der Waals surface area contributed by atoms with Gasteiger partial charge in [-0.15, -0.1) is 22.0 Å². The van der Waals surface area contributed by atoms with Crippen molar-refractivity contribution >= 4 is 52.1 Å². The molecule has 13 heteroatoms. The zero-order chi connectivity index (χ0) is 31.7. The fourth-order valence-corrected chi connectivity index (χ4v) is 7.24. The molecule has 0 bridgehead atoms. The zero-order valence-electron chi connectivity index (χ0n) is 24.8. The lowest BCUT2D eigenvalue weighted by Crippen LogP contribution is -2.70. The largest absolute Gasteiger partial charge is 0.448 e. The van der Waals surface area contributed by atoms with Gasteiger partial charge in [0, 0.05) is 17.9 Å². The van der Waals surface area contributed by atoms with Gasteiger partial charge in [-0.1, -0.05) is 72.0 Å². The molecule has 11 nitrogen and oxygen atoms in total. The number of amides is 3. The summed E-state index contributed by atoms with van der Waals surface area (Å²) in [5.41, 5.74) is 3.38. The lowest BCUT2D eigenvalue weighted by molar-refractivity contribution is -0.153. The number of nitrogens with zero attached hydrogens (tertiary/aromatic N) is 4. The van der Waals surface area contributed by atoms with E-state index >= 15 is 0 Å². The van der Waals surface area contributed by atoms with Crippen molar-refractivity contribution in [3.63, 3.8) is 0 Å². The standard InChI is InChI=1S/C32H31N5O6S2/c1-32(2,3)43-31(41)34-23-27(39)37-24(29(40)42-25(19-10-6-4-7-11-19)20-12-8-5-9-13-20)22(17-44-28(23)37)16-21-14-15-36(26(21)38)30-35-33-18-45-30/h4-13,16,18,23,25,28H,14-15,17H2,1-3H3,(H,34,41)/t23-,28-/m1/s1. The number of esters is 1. The highest BCUT2D eigenvalue weighted by Gasteiger charge is 2.55. The number of thioether (sulfide) groups is 1. The van der Waals surface area contributed by atoms with Gasteiger partial charge in [0.05, 0.1) is 0 Å². The molecule has 3 aliphatic heterocycles. The number of benzene rings is 2. The summed E-state index contributed by atoms with van der Waals surface area (Å²) >= 11 is 2.65. The highest BCUT2D eigenvalue weighted by Crippen LogP contribution is 2.43. The quantitative estimate of drug-likeness (QED) is 0.223. The van der Waals surface area contributed by atoms with E-state index in [1.165, 1.54) is 28.0 Å². The van der Waals surface area contributed by atoms with E-state index in [4.69, 9.17) is 9.47 Å². The van der Waals surface area contributed by atoms with Crippen LogP contribution in [0.3, 0.4) is 0 Å². The second-order valence-corrected chi connectivity index (χ2v) is 13.5. The van der Waals surface area contributed by atoms with Crippen LogP contribution >= 0.6 is 23.1 Å². The Kier molecular flexibility index (Phi) is 8.47. The Labute approximate surface area is 268 Å². The van der Waals surface area contributed by atoms with E-state index in [0.717, 1.165) is 11.1 Å². The van der Waals surface area contributed by atoms with Crippen molar-refractivity contribution in [3.05, 3.63) is 100 Å². The number of alkyl carbamates (subject to hydrolysis) is 1. The van der Waals surface area contributed by atoms with Crippen LogP contribution in [-0.2, 0) is 23.9 Å². The second-order valence-electron chi connectivity index (χ2n) is 11.6. The van der Waals surface area contributed by atoms with Gasteiger partial charge in [0.15, 0.2) is 6.10 Å². The minimum absolute atomic E-state index is 0.0533. The van der Waals surface area contributed by atoms with Crippen LogP contribution in [0.15, 0.2) is 89.1 Å². The third-order valence-electron chi connectivity index (χ3n) is 7.35. The van der Waals surface area contributed by atoms with Crippen LogP contribution in [0.5, 0.6) is 0 Å². The molecule has 45 heavy (non-hydrogen) atoms. The maximum absolute atomic E-state index is 14.2. The number of nitrogens with one attached hydrogen (secondary N) is 1. The van der Waals surface area contributed by atoms with Gasteiger partial charge in [0.2, 0.25) is 5.13 Å². The first-order valence-corrected chi connectivity index (χ1v) is 16.3. The Morgan fingerprint density at radius 1 is 1.04 bits per heavy atom. The van der Waals surface area contributed by atoms with E-state index in [1.54, 1.807) is 37.3 Å². The molecule has 1 N–H and O–H groups in total. The number of hydrogen-bond donors (Lipinski definition) is 1. The van der Waals surface area contributed by atoms with E-state index in [0.29, 0.717) is 35.0 Å². The number of carbonyl (C=O) groups excluding carboxylic acids is 4. The van der Waals surface area contributed by atoms with Crippen LogP contribution in [0.25, 0.3) is 0 Å². The molecule has 232 valence electrons. The third kappa shape index (κ3) is 6.36. The molecule has 4 heterocycles. The average Bonchev–Trinajstić information content (AvgIpc) is 3.68. The number of aromatic nitrogens is 2. The summed E-state index contributed by atoms with van der Waals surface area (Å²) in [6, 6.07) is 17.8. The number of allylic oxidation sites excluding steroid dienone is 1. The molecule has 6 rings (SSSR count). The molecule has 2 aromatic carbocycles. The zero-order valence-corrected chi connectivity index (χ0v) is 26.5. The first-order valence-electron chi connectivity index (χ1n) is 14.4. The number of β-lactam (4-membered cyclic amide) rings is 1. The number of carbonyl (C=O) groups is 4. The summed E-state index contributed by atoms with van der Waals surface area (Å²) in [6.45, 7) is 5.64. The van der Waals surface area contributed by atoms with E-state index in [1.807, 2.05) is 60.7 Å². The summed E-state index contributed by atoms with van der Waals surface area (Å²) in [4.78, 5) is 56.5. The van der Waals surface area contributed by atoms with Crippen LogP contribution in [0.2, 0.25) is 0 Å². The normalized spacial score (nSPS) is 20.8. The molecule has 2 fully saturated rings. The van der Waals surface area contributed by atoms with Crippen LogP contribution < -0.4 is 10.2 Å². The number of rotatable bonds is 7. The Morgan fingerprint density at radius 2 is 1.71 bits per heavy atom. The van der Waals surface area contributed by atoms with Crippen molar-refractivity contribution in [1.29, 1.82) is 0 Å². The maximum Gasteiger partial charge on any atom is 0.408 e. The van der Waals surface area contributed by atoms with Gasteiger partial charge >= 0.3 is 12.1 Å². The molecule has 0 spiro atoms. The first kappa shape index (κ1) is 30.5. The summed E-state index contributed by atoms with van der Waals surface area (Å²) in [5.74, 6) is -1.10. The highest BCUT2D eigenvalue weighted by molar-refractivity contribution is 8.00. The summed E-state index contributed by atoms with van der Waals surface area (Å²) in [5, 5.41) is 10.4. The molecule has 0 unspecified atom stereocenters. The SMILES string of the molecule is CC(C)(C)OC(=O)N[C@@H]1C(=O)N2C(C(=O)OC(c3ccccc3)c3ccccc3)=C(C=C3CCN(c4nncs4)C3=O)CS[C@H]12. The molecule has 0 radical (unpaired) electrons. The topological polar surface area (TPSA) is 131 Å². The average molecular weight is 646 g/mol. The predicted molar refractivity (Wildman–Crippen MR) is 169 cm³/mol. The van der Waals surface area contributed by atoms with E-state index in [9.17, 15) is 19.2 Å². The Bertz CT molecular complexity index is 1630. The predicted octanol–water partition coefficient (Wildman–Crippen LogP) is 4.60. The molecule has 3 aliphatic rings. The molecule has 0 aliphatic carbocycles. The second kappa shape index (κ2) is 12.5. The molecule has 3 aromatic rings. The van der Waals surface area contributed by atoms with Crippen LogP contribution in [-0.4, -0.2) is 68.3 Å². The third-order valence-corrected chi connectivity index (χ3v) is 9.36. The van der Waals surface area contributed by atoms with Gasteiger partial charge in [-0.2, -0.15) is 0 Å². The Hall–Kier alpha value is -4.49. The summed E-state index contributed by atoms with van der Waals surface area (Å²) < 4.78 is 11.6. The molecular formula is C32H31N5O6S2. The molecule has 3 amide bonds. The fourth-order valence-electron chi connectivity index (χ4n) is 5.35. The van der Waals surface area contributed by atoms with Gasteiger partial charge in [0.1, 0.15) is 28.2 Å². The molecular weight excluding hydrogens is 615 g/mol. The van der Waals surface area contributed by atoms with Crippen molar-refractivity contribution in [3.8, 4) is 0 Å². The van der Waals surface area contributed by atoms with Crippen molar-refractivity contribution < 1.29 is 28.7 Å². The summed E-state index contributed by atoms with van der Waals surface area (Å²) in [6.07, 6.45) is 0.655. The fraction of sp³-hybridized carbons (Fsp3) is 0.312. The van der Waals surface area contributed by atoms with Crippen molar-refractivity contribution in [2.45, 2.75) is 50.3 Å². The van der Waals surface area contributed by atoms with Crippen LogP contribution in [0.1, 0.15) is 44.4 Å². The number of ether oxygens (including phenoxy) is 2. The van der Waals surface area contributed by atoms with Crippen LogP contribution in [0, 0.1) is 0 Å². The number of anilines is 1. The maximum atomic E-state index is 14.2. The number of hydrogen-bond acceptors (Lipinski definition) is 10. The Balaban J connectivity index is 1.34. The van der Waals surface area contributed by atoms with E-state index in [-0.39, 0.29) is 11.6 Å². The minimum atomic E-state index is -0.887. The lowest BCUT2D eigenvalue weighted by Gasteiger charge is -2.49. The van der Waals surface area contributed by atoms with Gasteiger partial charge in [-0.25, -0.2) is 9.59 Å². The molecule has 2 atom stereocenters. The van der Waals surface area contributed by atoms with Gasteiger partial charge < -0.3 is 14.8 Å². The minimum Gasteiger partial charge on any atom is -0.448 e. The molecule has 1 aromatic heterocycles. The smallest absolute Gasteiger partial charge is 0.408 e. The highest BCUT2D eigenvalue weighted by atomic mass is 32.2. The van der Waals surface area contributed by atoms with E-state index in [2.05, 4.69) is 15.5 Å². The van der Waals surface area contributed by atoms with Gasteiger partial charge in [-0.05, 0) is 50.0 Å². The van der Waals surface area contributed by atoms with Crippen LogP contribution in [0.4, 0.5) is 9.93 Å². The van der Waals surface area contributed by atoms with Gasteiger partial charge in [0.25, 0.3) is 11.8 Å². The lowest BCUT2D eigenvalue weighted by atomic mass is 10.00. The van der Waals surface area contributed by atoms with Crippen molar-refractivity contribution in [1.82, 2.24) is 20.4 Å². The van der Waals surface area contributed by atoms with Gasteiger partial charge in [-0.3, -0.25) is 19.4 Å². The molecule has 2 saturated heterocycles. The summed E-state index contributed by atoms with van der Waals surface area (Å²) in [7, 11) is 0. The Morgan fingerprint density at radius 3 is 2.31 bits per heavy atom.